The minimum atomic E-state index is 0. The molecule has 1 aromatic heterocycles. The van der Waals surface area contributed by atoms with E-state index in [1.54, 1.807) is 23.5 Å². The first kappa shape index (κ1) is 17.2. The van der Waals surface area contributed by atoms with Crippen molar-refractivity contribution in [3.8, 4) is 5.75 Å². The van der Waals surface area contributed by atoms with E-state index in [0.29, 0.717) is 5.75 Å². The van der Waals surface area contributed by atoms with Crippen LogP contribution in [0.4, 0.5) is 0 Å². The Labute approximate surface area is 150 Å². The number of nitrogens with zero attached hydrogens (tertiary/aromatic N) is 1. The molecule has 1 N–H and O–H groups in total. The van der Waals surface area contributed by atoms with Crippen molar-refractivity contribution in [3.63, 3.8) is 0 Å². The molecule has 0 aliphatic carbocycles. The zero-order chi connectivity index (χ0) is 15.8. The normalized spacial score (nSPS) is 15.5. The molecule has 0 unspecified atom stereocenters. The van der Waals surface area contributed by atoms with Crippen LogP contribution in [0.5, 0.6) is 5.75 Å². The molecule has 1 fully saturated rings. The summed E-state index contributed by atoms with van der Waals surface area (Å²) in [4.78, 5) is 15.1. The first-order valence-electron chi connectivity index (χ1n) is 8.13. The Bertz CT molecular complexity index is 932. The molecule has 0 radical (unpaired) electrons. The number of rotatable bonds is 2. The van der Waals surface area contributed by atoms with Crippen LogP contribution >= 0.6 is 23.7 Å². The predicted octanol–water partition coefficient (Wildman–Crippen LogP) is 4.53. The molecule has 0 bridgehead atoms. The minimum Gasteiger partial charge on any atom is -0.508 e. The summed E-state index contributed by atoms with van der Waals surface area (Å²) in [5.74, 6) is 0.300. The van der Waals surface area contributed by atoms with Crippen molar-refractivity contribution >= 4 is 43.9 Å². The molecule has 0 spiro atoms. The first-order valence-corrected chi connectivity index (χ1v) is 8.94. The van der Waals surface area contributed by atoms with Gasteiger partial charge in [0, 0.05) is 32.3 Å². The molecule has 0 saturated carbocycles. The SMILES string of the molecule is Cl.O=c1c2ccccc2sc2c(CN3CCCCC3)c(O)ccc12. The summed E-state index contributed by atoms with van der Waals surface area (Å²) in [7, 11) is 0. The topological polar surface area (TPSA) is 40.5 Å². The van der Waals surface area contributed by atoms with Crippen LogP contribution in [0.3, 0.4) is 0 Å². The highest BCUT2D eigenvalue weighted by Crippen LogP contribution is 2.33. The number of phenolic OH excluding ortho intramolecular Hbond substituents is 1. The fraction of sp³-hybridized carbons (Fsp3) is 0.316. The van der Waals surface area contributed by atoms with E-state index in [1.165, 1.54) is 19.3 Å². The highest BCUT2D eigenvalue weighted by Gasteiger charge is 2.17. The Balaban J connectivity index is 0.00000169. The summed E-state index contributed by atoms with van der Waals surface area (Å²) in [6, 6.07) is 11.1. The Morgan fingerprint density at radius 2 is 1.75 bits per heavy atom. The standard InChI is InChI=1S/C19H19NO2S.ClH/c21-16-9-8-14-18(22)13-6-2-3-7-17(13)23-19(14)15(16)12-20-10-4-1-5-11-20;/h2-3,6-9,21H,1,4-5,10-12H2;1H. The lowest BCUT2D eigenvalue weighted by Crippen LogP contribution is -2.29. The molecule has 24 heavy (non-hydrogen) atoms. The van der Waals surface area contributed by atoms with Crippen LogP contribution in [0.2, 0.25) is 0 Å². The molecule has 2 aromatic carbocycles. The van der Waals surface area contributed by atoms with Crippen LogP contribution < -0.4 is 5.43 Å². The third kappa shape index (κ3) is 3.02. The van der Waals surface area contributed by atoms with Crippen LogP contribution in [0.15, 0.2) is 41.2 Å². The van der Waals surface area contributed by atoms with Gasteiger partial charge in [0.1, 0.15) is 5.75 Å². The molecule has 3 aromatic rings. The number of halogens is 1. The summed E-state index contributed by atoms with van der Waals surface area (Å²) in [6.07, 6.45) is 3.71. The largest absolute Gasteiger partial charge is 0.508 e. The van der Waals surface area contributed by atoms with Gasteiger partial charge in [0.2, 0.25) is 0 Å². The number of hydrogen-bond donors (Lipinski definition) is 1. The number of hydrogen-bond acceptors (Lipinski definition) is 4. The molecule has 1 saturated heterocycles. The van der Waals surface area contributed by atoms with E-state index in [9.17, 15) is 9.90 Å². The fourth-order valence-electron chi connectivity index (χ4n) is 3.40. The lowest BCUT2D eigenvalue weighted by atomic mass is 10.1. The maximum Gasteiger partial charge on any atom is 0.195 e. The summed E-state index contributed by atoms with van der Waals surface area (Å²) in [5, 5.41) is 11.9. The zero-order valence-electron chi connectivity index (χ0n) is 13.3. The maximum absolute atomic E-state index is 12.8. The molecule has 0 amide bonds. The Hall–Kier alpha value is -1.62. The van der Waals surface area contributed by atoms with Crippen LogP contribution in [-0.2, 0) is 6.54 Å². The second-order valence-corrected chi connectivity index (χ2v) is 7.26. The van der Waals surface area contributed by atoms with Crippen molar-refractivity contribution in [1.82, 2.24) is 4.90 Å². The van der Waals surface area contributed by atoms with Crippen LogP contribution in [0.25, 0.3) is 20.2 Å². The van der Waals surface area contributed by atoms with Crippen molar-refractivity contribution in [2.75, 3.05) is 13.1 Å². The van der Waals surface area contributed by atoms with Crippen molar-refractivity contribution < 1.29 is 5.11 Å². The highest BCUT2D eigenvalue weighted by molar-refractivity contribution is 7.24. The minimum absolute atomic E-state index is 0. The lowest BCUT2D eigenvalue weighted by Gasteiger charge is -2.27. The zero-order valence-corrected chi connectivity index (χ0v) is 15.0. The average molecular weight is 362 g/mol. The number of likely N-dealkylation sites (tertiary alicyclic amines) is 1. The van der Waals surface area contributed by atoms with E-state index in [4.69, 9.17) is 0 Å². The lowest BCUT2D eigenvalue weighted by molar-refractivity contribution is 0.219. The molecule has 2 heterocycles. The van der Waals surface area contributed by atoms with Crippen molar-refractivity contribution in [2.24, 2.45) is 0 Å². The second-order valence-electron chi connectivity index (χ2n) is 6.20. The van der Waals surface area contributed by atoms with Gasteiger partial charge in [0.15, 0.2) is 5.43 Å². The monoisotopic (exact) mass is 361 g/mol. The average Bonchev–Trinajstić information content (AvgIpc) is 2.59. The molecular formula is C19H20ClNO2S. The van der Waals surface area contributed by atoms with E-state index in [1.807, 2.05) is 24.3 Å². The summed E-state index contributed by atoms with van der Waals surface area (Å²) >= 11 is 1.61. The van der Waals surface area contributed by atoms with Crippen LogP contribution in [0, 0.1) is 0 Å². The number of phenols is 1. The van der Waals surface area contributed by atoms with Gasteiger partial charge in [-0.1, -0.05) is 18.6 Å². The van der Waals surface area contributed by atoms with Gasteiger partial charge in [0.25, 0.3) is 0 Å². The van der Waals surface area contributed by atoms with E-state index in [0.717, 1.165) is 45.4 Å². The number of piperidine rings is 1. The quantitative estimate of drug-likeness (QED) is 0.682. The van der Waals surface area contributed by atoms with Gasteiger partial charge in [0.05, 0.1) is 0 Å². The van der Waals surface area contributed by atoms with Crippen LogP contribution in [0.1, 0.15) is 24.8 Å². The van der Waals surface area contributed by atoms with E-state index < -0.39 is 0 Å². The molecule has 0 atom stereocenters. The summed E-state index contributed by atoms with van der Waals surface area (Å²) in [6.45, 7) is 2.86. The highest BCUT2D eigenvalue weighted by atomic mass is 35.5. The molecule has 1 aliphatic heterocycles. The second kappa shape index (κ2) is 7.09. The van der Waals surface area contributed by atoms with Gasteiger partial charge in [-0.15, -0.1) is 23.7 Å². The predicted molar refractivity (Wildman–Crippen MR) is 104 cm³/mol. The van der Waals surface area contributed by atoms with Gasteiger partial charge in [-0.05, 0) is 50.2 Å². The van der Waals surface area contributed by atoms with Crippen molar-refractivity contribution in [3.05, 3.63) is 52.2 Å². The maximum atomic E-state index is 12.8. The number of benzene rings is 2. The molecular weight excluding hydrogens is 342 g/mol. The van der Waals surface area contributed by atoms with Gasteiger partial charge in [-0.25, -0.2) is 0 Å². The smallest absolute Gasteiger partial charge is 0.195 e. The number of aromatic hydroxyl groups is 1. The molecule has 5 heteroatoms. The summed E-state index contributed by atoms with van der Waals surface area (Å²) in [5.41, 5.74) is 0.964. The number of fused-ring (bicyclic) bond motifs is 2. The van der Waals surface area contributed by atoms with Gasteiger partial charge in [-0.3, -0.25) is 9.69 Å². The van der Waals surface area contributed by atoms with Gasteiger partial charge in [-0.2, -0.15) is 0 Å². The molecule has 4 rings (SSSR count). The Kier molecular flexibility index (Phi) is 5.09. The molecule has 1 aliphatic rings. The third-order valence-corrected chi connectivity index (χ3v) is 5.90. The van der Waals surface area contributed by atoms with E-state index in [-0.39, 0.29) is 17.8 Å². The summed E-state index contributed by atoms with van der Waals surface area (Å²) < 4.78 is 1.91. The first-order chi connectivity index (χ1) is 11.2. The fourth-order valence-corrected chi connectivity index (χ4v) is 4.61. The van der Waals surface area contributed by atoms with Gasteiger partial charge < -0.3 is 5.11 Å². The Morgan fingerprint density at radius 1 is 1.00 bits per heavy atom. The molecule has 3 nitrogen and oxygen atoms in total. The van der Waals surface area contributed by atoms with Gasteiger partial charge >= 0.3 is 0 Å². The van der Waals surface area contributed by atoms with Crippen molar-refractivity contribution in [2.45, 2.75) is 25.8 Å². The van der Waals surface area contributed by atoms with E-state index >= 15 is 0 Å². The van der Waals surface area contributed by atoms with Crippen LogP contribution in [-0.4, -0.2) is 23.1 Å². The Morgan fingerprint density at radius 3 is 2.54 bits per heavy atom. The van der Waals surface area contributed by atoms with Crippen molar-refractivity contribution in [1.29, 1.82) is 0 Å². The third-order valence-electron chi connectivity index (χ3n) is 4.65. The van der Waals surface area contributed by atoms with E-state index in [2.05, 4.69) is 4.90 Å². The molecule has 126 valence electrons.